The van der Waals surface area contributed by atoms with Gasteiger partial charge in [0, 0.05) is 25.0 Å². The van der Waals surface area contributed by atoms with Crippen molar-refractivity contribution in [2.75, 3.05) is 5.32 Å². The lowest BCUT2D eigenvalue weighted by Crippen LogP contribution is -2.38. The Morgan fingerprint density at radius 3 is 2.57 bits per heavy atom. The first-order chi connectivity index (χ1) is 11.0. The minimum atomic E-state index is -0.279. The van der Waals surface area contributed by atoms with E-state index in [9.17, 15) is 4.79 Å². The van der Waals surface area contributed by atoms with Crippen molar-refractivity contribution in [1.82, 2.24) is 14.9 Å². The van der Waals surface area contributed by atoms with E-state index in [4.69, 9.17) is 0 Å². The highest BCUT2D eigenvalue weighted by molar-refractivity contribution is 5.94. The zero-order valence-corrected chi connectivity index (χ0v) is 14.3. The molecule has 2 aromatic rings. The summed E-state index contributed by atoms with van der Waals surface area (Å²) in [6.07, 6.45) is 3.69. The lowest BCUT2D eigenvalue weighted by atomic mass is 10.2. The first kappa shape index (κ1) is 17.2. The van der Waals surface area contributed by atoms with Gasteiger partial charge in [0.15, 0.2) is 0 Å². The van der Waals surface area contributed by atoms with Crippen molar-refractivity contribution in [2.45, 2.75) is 46.8 Å². The fourth-order valence-corrected chi connectivity index (χ4v) is 2.29. The van der Waals surface area contributed by atoms with Gasteiger partial charge in [-0.25, -0.2) is 4.98 Å². The molecule has 23 heavy (non-hydrogen) atoms. The summed E-state index contributed by atoms with van der Waals surface area (Å²) in [6, 6.07) is 7.52. The van der Waals surface area contributed by atoms with Crippen LogP contribution in [-0.4, -0.2) is 21.5 Å². The summed E-state index contributed by atoms with van der Waals surface area (Å²) in [5.41, 5.74) is 3.08. The highest BCUT2D eigenvalue weighted by atomic mass is 16.2. The Morgan fingerprint density at radius 2 is 1.91 bits per heavy atom. The van der Waals surface area contributed by atoms with Crippen LogP contribution >= 0.6 is 0 Å². The molecule has 0 aliphatic rings. The molecule has 0 aliphatic heterocycles. The monoisotopic (exact) mass is 314 g/mol. The number of nitrogens with one attached hydrogen (secondary N) is 2. The molecule has 1 heterocycles. The molecule has 1 aromatic carbocycles. The third kappa shape index (κ3) is 5.21. The number of carbonyl (C=O) groups excluding carboxylic acids is 1. The standard InChI is InChI=1S/C18H26N4O/c1-13(2)11-22-12-19-9-17(22)10-20-15(4)18(23)21-16-7-5-14(3)6-8-16/h5-9,12-13,15,20H,10-11H2,1-4H3,(H,21,23). The van der Waals surface area contributed by atoms with Crippen LogP contribution < -0.4 is 10.6 Å². The van der Waals surface area contributed by atoms with Crippen molar-refractivity contribution >= 4 is 11.6 Å². The van der Waals surface area contributed by atoms with E-state index in [1.165, 1.54) is 5.56 Å². The second-order valence-corrected chi connectivity index (χ2v) is 6.39. The van der Waals surface area contributed by atoms with Crippen LogP contribution in [0.4, 0.5) is 5.69 Å². The molecule has 0 saturated heterocycles. The largest absolute Gasteiger partial charge is 0.333 e. The molecule has 2 rings (SSSR count). The van der Waals surface area contributed by atoms with Crippen molar-refractivity contribution in [3.05, 3.63) is 48.0 Å². The van der Waals surface area contributed by atoms with Gasteiger partial charge < -0.3 is 15.2 Å². The van der Waals surface area contributed by atoms with E-state index in [-0.39, 0.29) is 11.9 Å². The number of amides is 1. The summed E-state index contributed by atoms with van der Waals surface area (Å²) in [4.78, 5) is 16.4. The van der Waals surface area contributed by atoms with Crippen molar-refractivity contribution in [1.29, 1.82) is 0 Å². The number of rotatable bonds is 7. The van der Waals surface area contributed by atoms with Gasteiger partial charge in [-0.1, -0.05) is 31.5 Å². The van der Waals surface area contributed by atoms with Gasteiger partial charge in [-0.15, -0.1) is 0 Å². The van der Waals surface area contributed by atoms with Gasteiger partial charge in [-0.3, -0.25) is 4.79 Å². The molecule has 0 radical (unpaired) electrons. The lowest BCUT2D eigenvalue weighted by molar-refractivity contribution is -0.117. The van der Waals surface area contributed by atoms with Gasteiger partial charge >= 0.3 is 0 Å². The Balaban J connectivity index is 1.86. The molecule has 1 aromatic heterocycles. The van der Waals surface area contributed by atoms with Crippen molar-refractivity contribution in [3.8, 4) is 0 Å². The molecule has 5 nitrogen and oxygen atoms in total. The summed E-state index contributed by atoms with van der Waals surface area (Å²) >= 11 is 0. The minimum Gasteiger partial charge on any atom is -0.333 e. The van der Waals surface area contributed by atoms with E-state index in [0.717, 1.165) is 17.9 Å². The van der Waals surface area contributed by atoms with Gasteiger partial charge in [-0.2, -0.15) is 0 Å². The molecule has 0 spiro atoms. The smallest absolute Gasteiger partial charge is 0.241 e. The van der Waals surface area contributed by atoms with E-state index in [0.29, 0.717) is 12.5 Å². The summed E-state index contributed by atoms with van der Waals surface area (Å²) in [5, 5.41) is 6.18. The lowest BCUT2D eigenvalue weighted by Gasteiger charge is -2.16. The third-order valence-corrected chi connectivity index (χ3v) is 3.66. The summed E-state index contributed by atoms with van der Waals surface area (Å²) in [7, 11) is 0. The molecule has 5 heteroatoms. The highest BCUT2D eigenvalue weighted by Gasteiger charge is 2.13. The molecule has 0 bridgehead atoms. The third-order valence-electron chi connectivity index (χ3n) is 3.66. The minimum absolute atomic E-state index is 0.0382. The van der Waals surface area contributed by atoms with Crippen LogP contribution in [0, 0.1) is 12.8 Å². The van der Waals surface area contributed by atoms with Crippen LogP contribution in [-0.2, 0) is 17.9 Å². The molecule has 0 fully saturated rings. The van der Waals surface area contributed by atoms with Gasteiger partial charge in [0.2, 0.25) is 5.91 Å². The number of imidazole rings is 1. The summed E-state index contributed by atoms with van der Waals surface area (Å²) in [6.45, 7) is 9.79. The van der Waals surface area contributed by atoms with E-state index in [1.54, 1.807) is 0 Å². The molecule has 1 unspecified atom stereocenters. The number of anilines is 1. The predicted molar refractivity (Wildman–Crippen MR) is 93.2 cm³/mol. The maximum absolute atomic E-state index is 12.2. The normalized spacial score (nSPS) is 12.4. The predicted octanol–water partition coefficient (Wildman–Crippen LogP) is 2.96. The van der Waals surface area contributed by atoms with E-state index in [1.807, 2.05) is 50.6 Å². The van der Waals surface area contributed by atoms with Gasteiger partial charge in [-0.05, 0) is 31.9 Å². The second-order valence-electron chi connectivity index (χ2n) is 6.39. The maximum Gasteiger partial charge on any atom is 0.241 e. The number of hydrogen-bond donors (Lipinski definition) is 2. The second kappa shape index (κ2) is 7.92. The van der Waals surface area contributed by atoms with Crippen LogP contribution in [0.1, 0.15) is 32.0 Å². The first-order valence-corrected chi connectivity index (χ1v) is 8.05. The van der Waals surface area contributed by atoms with Gasteiger partial charge in [0.1, 0.15) is 0 Å². The number of nitrogens with zero attached hydrogens (tertiary/aromatic N) is 2. The van der Waals surface area contributed by atoms with E-state index in [2.05, 4.69) is 34.0 Å². The molecular weight excluding hydrogens is 288 g/mol. The fraction of sp³-hybridized carbons (Fsp3) is 0.444. The summed E-state index contributed by atoms with van der Waals surface area (Å²) < 4.78 is 2.13. The average molecular weight is 314 g/mol. The Kier molecular flexibility index (Phi) is 5.93. The molecule has 0 saturated carbocycles. The molecule has 1 atom stereocenters. The Morgan fingerprint density at radius 1 is 1.22 bits per heavy atom. The van der Waals surface area contributed by atoms with Crippen LogP contribution in [0.2, 0.25) is 0 Å². The number of benzene rings is 1. The van der Waals surface area contributed by atoms with Crippen molar-refractivity contribution in [2.24, 2.45) is 5.92 Å². The van der Waals surface area contributed by atoms with E-state index < -0.39 is 0 Å². The Bertz CT molecular complexity index is 631. The topological polar surface area (TPSA) is 59.0 Å². The average Bonchev–Trinajstić information content (AvgIpc) is 2.93. The summed E-state index contributed by atoms with van der Waals surface area (Å²) in [5.74, 6) is 0.522. The van der Waals surface area contributed by atoms with Crippen LogP contribution in [0.5, 0.6) is 0 Å². The number of hydrogen-bond acceptors (Lipinski definition) is 3. The number of carbonyl (C=O) groups is 1. The van der Waals surface area contributed by atoms with Gasteiger partial charge in [0.05, 0.1) is 18.1 Å². The molecular formula is C18H26N4O. The molecule has 0 aliphatic carbocycles. The fourth-order valence-electron chi connectivity index (χ4n) is 2.29. The Labute approximate surface area is 138 Å². The van der Waals surface area contributed by atoms with Gasteiger partial charge in [0.25, 0.3) is 0 Å². The highest BCUT2D eigenvalue weighted by Crippen LogP contribution is 2.09. The molecule has 124 valence electrons. The zero-order valence-electron chi connectivity index (χ0n) is 14.3. The first-order valence-electron chi connectivity index (χ1n) is 8.05. The molecule has 1 amide bonds. The maximum atomic E-state index is 12.2. The van der Waals surface area contributed by atoms with Crippen LogP contribution in [0.25, 0.3) is 0 Å². The van der Waals surface area contributed by atoms with Crippen molar-refractivity contribution in [3.63, 3.8) is 0 Å². The quantitative estimate of drug-likeness (QED) is 0.826. The molecule has 2 N–H and O–H groups in total. The van der Waals surface area contributed by atoms with Crippen molar-refractivity contribution < 1.29 is 4.79 Å². The van der Waals surface area contributed by atoms with E-state index >= 15 is 0 Å². The number of aromatic nitrogens is 2. The zero-order chi connectivity index (χ0) is 16.8. The SMILES string of the molecule is Cc1ccc(NC(=O)C(C)NCc2cncn2CC(C)C)cc1. The number of aryl methyl sites for hydroxylation is 1. The van der Waals surface area contributed by atoms with Crippen LogP contribution in [0.3, 0.4) is 0 Å². The Hall–Kier alpha value is -2.14. The van der Waals surface area contributed by atoms with Crippen LogP contribution in [0.15, 0.2) is 36.8 Å².